The Morgan fingerprint density at radius 2 is 1.58 bits per heavy atom. The molecule has 4 aromatic carbocycles. The monoisotopic (exact) mass is 498 g/mol. The highest BCUT2D eigenvalue weighted by Crippen LogP contribution is 2.35. The summed E-state index contributed by atoms with van der Waals surface area (Å²) >= 11 is 0. The summed E-state index contributed by atoms with van der Waals surface area (Å²) in [5.74, 6) is -0.150. The van der Waals surface area contributed by atoms with Crippen LogP contribution in [0.2, 0.25) is 0 Å². The van der Waals surface area contributed by atoms with Crippen molar-refractivity contribution in [3.05, 3.63) is 120 Å². The van der Waals surface area contributed by atoms with Gasteiger partial charge < -0.3 is 20.8 Å². The van der Waals surface area contributed by atoms with Gasteiger partial charge in [-0.15, -0.1) is 0 Å². The Kier molecular flexibility index (Phi) is 6.30. The Balaban J connectivity index is 1.19. The summed E-state index contributed by atoms with van der Waals surface area (Å²) in [4.78, 5) is 17.3. The number of carbonyl (C=O) groups excluding carboxylic acids is 1. The van der Waals surface area contributed by atoms with Gasteiger partial charge in [0.2, 0.25) is 0 Å². The number of furan rings is 1. The van der Waals surface area contributed by atoms with Crippen molar-refractivity contribution in [2.45, 2.75) is 6.42 Å². The molecule has 38 heavy (non-hydrogen) atoms. The topological polar surface area (TPSA) is 93.2 Å². The van der Waals surface area contributed by atoms with Gasteiger partial charge in [0, 0.05) is 45.2 Å². The van der Waals surface area contributed by atoms with Gasteiger partial charge in [0.25, 0.3) is 5.91 Å². The summed E-state index contributed by atoms with van der Waals surface area (Å²) in [6.45, 7) is 0.550. The number of nitrogens with zero attached hydrogens (tertiary/aromatic N) is 1. The predicted octanol–water partition coefficient (Wildman–Crippen LogP) is 7.15. The van der Waals surface area contributed by atoms with E-state index in [1.807, 2.05) is 84.9 Å². The van der Waals surface area contributed by atoms with Crippen molar-refractivity contribution in [2.24, 2.45) is 5.73 Å². The molecule has 4 N–H and O–H groups in total. The van der Waals surface area contributed by atoms with Crippen LogP contribution in [-0.2, 0) is 6.42 Å². The quantitative estimate of drug-likeness (QED) is 0.217. The van der Waals surface area contributed by atoms with E-state index in [4.69, 9.17) is 10.2 Å². The normalized spacial score (nSPS) is 11.1. The maximum atomic E-state index is 12.7. The number of nitrogens with one attached hydrogen (secondary N) is 2. The number of benzene rings is 4. The first-order valence-electron chi connectivity index (χ1n) is 12.5. The number of aromatic nitrogens is 1. The SMILES string of the molecule is NCCc1cccc(C(=O)Nc2ccc(Nc3ccnc(-c4cccc5c4oc4ccccc45)c3)cc2)c1. The van der Waals surface area contributed by atoms with Gasteiger partial charge >= 0.3 is 0 Å². The Bertz CT molecular complexity index is 1760. The lowest BCUT2D eigenvalue weighted by Crippen LogP contribution is -2.12. The van der Waals surface area contributed by atoms with Crippen molar-refractivity contribution in [3.63, 3.8) is 0 Å². The van der Waals surface area contributed by atoms with Crippen molar-refractivity contribution in [1.29, 1.82) is 0 Å². The minimum absolute atomic E-state index is 0.150. The van der Waals surface area contributed by atoms with Crippen LogP contribution in [0.15, 0.2) is 114 Å². The van der Waals surface area contributed by atoms with Crippen LogP contribution < -0.4 is 16.4 Å². The van der Waals surface area contributed by atoms with Crippen LogP contribution in [0, 0.1) is 0 Å². The molecule has 0 aliphatic heterocycles. The summed E-state index contributed by atoms with van der Waals surface area (Å²) in [5, 5.41) is 8.55. The van der Waals surface area contributed by atoms with E-state index in [1.165, 1.54) is 0 Å². The number of para-hydroxylation sites is 2. The summed E-state index contributed by atoms with van der Waals surface area (Å²) < 4.78 is 6.19. The van der Waals surface area contributed by atoms with Crippen LogP contribution in [0.25, 0.3) is 33.2 Å². The number of fused-ring (bicyclic) bond motifs is 3. The largest absolute Gasteiger partial charge is 0.455 e. The van der Waals surface area contributed by atoms with Crippen LogP contribution in [-0.4, -0.2) is 17.4 Å². The van der Waals surface area contributed by atoms with E-state index >= 15 is 0 Å². The van der Waals surface area contributed by atoms with Crippen molar-refractivity contribution < 1.29 is 9.21 Å². The third-order valence-corrected chi connectivity index (χ3v) is 6.49. The fourth-order valence-corrected chi connectivity index (χ4v) is 4.65. The number of nitrogens with two attached hydrogens (primary N) is 1. The van der Waals surface area contributed by atoms with Gasteiger partial charge in [0.05, 0.1) is 5.69 Å². The molecule has 0 saturated carbocycles. The zero-order valence-electron chi connectivity index (χ0n) is 20.6. The molecule has 0 spiro atoms. The van der Waals surface area contributed by atoms with Crippen molar-refractivity contribution in [1.82, 2.24) is 4.98 Å². The maximum Gasteiger partial charge on any atom is 0.255 e. The molecule has 0 fully saturated rings. The predicted molar refractivity (Wildman–Crippen MR) is 154 cm³/mol. The number of hydrogen-bond acceptors (Lipinski definition) is 5. The number of hydrogen-bond donors (Lipinski definition) is 3. The summed E-state index contributed by atoms with van der Waals surface area (Å²) in [7, 11) is 0. The van der Waals surface area contributed by atoms with E-state index in [9.17, 15) is 4.79 Å². The molecule has 6 aromatic rings. The Hall–Kier alpha value is -4.94. The van der Waals surface area contributed by atoms with Gasteiger partial charge in [-0.3, -0.25) is 9.78 Å². The first-order valence-corrected chi connectivity index (χ1v) is 12.5. The number of pyridine rings is 1. The molecule has 6 nitrogen and oxygen atoms in total. The second kappa shape index (κ2) is 10.2. The number of rotatable bonds is 7. The highest BCUT2D eigenvalue weighted by Gasteiger charge is 2.13. The molecule has 0 saturated heterocycles. The van der Waals surface area contributed by atoms with Gasteiger partial charge in [-0.2, -0.15) is 0 Å². The molecule has 6 heteroatoms. The molecule has 0 aliphatic rings. The minimum atomic E-state index is -0.150. The van der Waals surface area contributed by atoms with E-state index in [0.29, 0.717) is 12.1 Å². The summed E-state index contributed by atoms with van der Waals surface area (Å²) in [6.07, 6.45) is 2.53. The molecule has 186 valence electrons. The molecule has 2 aromatic heterocycles. The zero-order chi connectivity index (χ0) is 25.9. The second-order valence-corrected chi connectivity index (χ2v) is 9.11. The van der Waals surface area contributed by atoms with Crippen LogP contribution in [0.4, 0.5) is 17.1 Å². The van der Waals surface area contributed by atoms with Gasteiger partial charge in [-0.25, -0.2) is 0 Å². The molecular formula is C32H26N4O2. The zero-order valence-corrected chi connectivity index (χ0v) is 20.6. The molecule has 0 aliphatic carbocycles. The lowest BCUT2D eigenvalue weighted by atomic mass is 10.1. The first-order chi connectivity index (χ1) is 18.7. The van der Waals surface area contributed by atoms with Crippen LogP contribution in [0.5, 0.6) is 0 Å². The first kappa shape index (κ1) is 23.5. The van der Waals surface area contributed by atoms with E-state index in [1.54, 1.807) is 12.3 Å². The van der Waals surface area contributed by atoms with E-state index in [-0.39, 0.29) is 5.91 Å². The molecule has 0 bridgehead atoms. The smallest absolute Gasteiger partial charge is 0.255 e. The van der Waals surface area contributed by atoms with Gasteiger partial charge in [0.15, 0.2) is 0 Å². The lowest BCUT2D eigenvalue weighted by molar-refractivity contribution is 0.102. The number of anilines is 3. The fraction of sp³-hybridized carbons (Fsp3) is 0.0625. The molecular weight excluding hydrogens is 472 g/mol. The highest BCUT2D eigenvalue weighted by atomic mass is 16.3. The molecule has 0 atom stereocenters. The van der Waals surface area contributed by atoms with Crippen LogP contribution >= 0.6 is 0 Å². The molecule has 2 heterocycles. The fourth-order valence-electron chi connectivity index (χ4n) is 4.65. The van der Waals surface area contributed by atoms with Crippen molar-refractivity contribution in [2.75, 3.05) is 17.2 Å². The van der Waals surface area contributed by atoms with Gasteiger partial charge in [0.1, 0.15) is 11.2 Å². The molecule has 6 rings (SSSR count). The summed E-state index contributed by atoms with van der Waals surface area (Å²) in [6, 6.07) is 33.3. The highest BCUT2D eigenvalue weighted by molar-refractivity contribution is 6.09. The van der Waals surface area contributed by atoms with Gasteiger partial charge in [-0.1, -0.05) is 42.5 Å². The maximum absolute atomic E-state index is 12.7. The molecule has 0 unspecified atom stereocenters. The lowest BCUT2D eigenvalue weighted by Gasteiger charge is -2.10. The Morgan fingerprint density at radius 3 is 2.45 bits per heavy atom. The van der Waals surface area contributed by atoms with Crippen LogP contribution in [0.3, 0.4) is 0 Å². The number of amides is 1. The Morgan fingerprint density at radius 1 is 0.789 bits per heavy atom. The standard InChI is InChI=1S/C32H26N4O2/c33-17-15-21-5-3-6-22(19-21)32(37)36-24-13-11-23(12-14-24)35-25-16-18-34-29(20-25)28-9-4-8-27-26-7-1-2-10-30(26)38-31(27)28/h1-14,16,18-20H,15,17,33H2,(H,34,35)(H,36,37). The average molecular weight is 499 g/mol. The van der Waals surface area contributed by atoms with Crippen LogP contribution in [0.1, 0.15) is 15.9 Å². The van der Waals surface area contributed by atoms with Gasteiger partial charge in [-0.05, 0) is 79.2 Å². The third kappa shape index (κ3) is 4.73. The molecule has 0 radical (unpaired) electrons. The summed E-state index contributed by atoms with van der Waals surface area (Å²) in [5.41, 5.74) is 13.3. The Labute approximate surface area is 220 Å². The van der Waals surface area contributed by atoms with E-state index < -0.39 is 0 Å². The van der Waals surface area contributed by atoms with E-state index in [2.05, 4.69) is 27.8 Å². The van der Waals surface area contributed by atoms with Crippen molar-refractivity contribution in [3.8, 4) is 11.3 Å². The minimum Gasteiger partial charge on any atom is -0.455 e. The van der Waals surface area contributed by atoms with E-state index in [0.717, 1.165) is 62.2 Å². The third-order valence-electron chi connectivity index (χ3n) is 6.49. The average Bonchev–Trinajstić information content (AvgIpc) is 3.34. The van der Waals surface area contributed by atoms with Crippen molar-refractivity contribution >= 4 is 44.9 Å². The molecule has 1 amide bonds. The number of carbonyl (C=O) groups is 1. The second-order valence-electron chi connectivity index (χ2n) is 9.11.